The van der Waals surface area contributed by atoms with E-state index in [1.807, 2.05) is 0 Å². The Hall–Kier alpha value is -3.23. The van der Waals surface area contributed by atoms with Crippen LogP contribution < -0.4 is 16.6 Å². The Balaban J connectivity index is 1.93. The number of aryl methyl sites for hydroxylation is 2. The average Bonchev–Trinajstić information content (AvgIpc) is 2.98. The number of nitrogens with one attached hydrogen (secondary N) is 1. The molecule has 0 atom stereocenters. The number of aromatic nitrogens is 4. The fourth-order valence-electron chi connectivity index (χ4n) is 2.54. The Bertz CT molecular complexity index is 1110. The van der Waals surface area contributed by atoms with E-state index in [0.29, 0.717) is 11.3 Å². The molecule has 1 amide bonds. The van der Waals surface area contributed by atoms with Gasteiger partial charge in [-0.25, -0.2) is 14.2 Å². The van der Waals surface area contributed by atoms with Crippen molar-refractivity contribution in [3.63, 3.8) is 0 Å². The summed E-state index contributed by atoms with van der Waals surface area (Å²) in [5, 5.41) is 2.57. The van der Waals surface area contributed by atoms with Gasteiger partial charge in [0, 0.05) is 19.8 Å². The molecule has 0 fully saturated rings. The zero-order valence-corrected chi connectivity index (χ0v) is 13.9. The third-order valence-electron chi connectivity index (χ3n) is 3.99. The summed E-state index contributed by atoms with van der Waals surface area (Å²) >= 11 is 0. The number of hydrogen-bond acceptors (Lipinski definition) is 4. The summed E-state index contributed by atoms with van der Waals surface area (Å²) in [6, 6.07) is 4.37. The van der Waals surface area contributed by atoms with Crippen molar-refractivity contribution in [3.05, 3.63) is 56.7 Å². The van der Waals surface area contributed by atoms with Crippen molar-refractivity contribution in [2.75, 3.05) is 5.32 Å². The van der Waals surface area contributed by atoms with Crippen molar-refractivity contribution >= 4 is 22.8 Å². The Morgan fingerprint density at radius 3 is 2.64 bits per heavy atom. The number of amides is 1. The minimum absolute atomic E-state index is 0.148. The van der Waals surface area contributed by atoms with Gasteiger partial charge in [0.1, 0.15) is 12.4 Å². The summed E-state index contributed by atoms with van der Waals surface area (Å²) in [6.07, 6.45) is 1.32. The van der Waals surface area contributed by atoms with E-state index in [-0.39, 0.29) is 17.7 Å². The smallest absolute Gasteiger partial charge is 0.324 e. The second kappa shape index (κ2) is 6.00. The van der Waals surface area contributed by atoms with E-state index in [4.69, 9.17) is 0 Å². The summed E-state index contributed by atoms with van der Waals surface area (Å²) in [5.74, 6) is -0.867. The normalized spacial score (nSPS) is 11.0. The van der Waals surface area contributed by atoms with Gasteiger partial charge < -0.3 is 9.88 Å². The molecule has 0 aliphatic carbocycles. The lowest BCUT2D eigenvalue weighted by Crippen LogP contribution is -2.37. The molecule has 0 bridgehead atoms. The van der Waals surface area contributed by atoms with Crippen LogP contribution in [0.5, 0.6) is 0 Å². The Labute approximate surface area is 141 Å². The number of nitrogens with zero attached hydrogens (tertiary/aromatic N) is 4. The molecule has 0 spiro atoms. The molecule has 0 aliphatic rings. The molecule has 1 N–H and O–H groups in total. The van der Waals surface area contributed by atoms with Crippen molar-refractivity contribution in [1.29, 1.82) is 0 Å². The first-order valence-electron chi connectivity index (χ1n) is 7.46. The first-order chi connectivity index (χ1) is 11.8. The maximum atomic E-state index is 13.6. The van der Waals surface area contributed by atoms with E-state index in [2.05, 4.69) is 10.3 Å². The fourth-order valence-corrected chi connectivity index (χ4v) is 2.54. The lowest BCUT2D eigenvalue weighted by molar-refractivity contribution is -0.116. The molecule has 25 heavy (non-hydrogen) atoms. The standard InChI is InChI=1S/C16H16FN5O3/c1-9-4-5-10(6-11(9)17)19-12(23)7-22-8-18-14-13(22)15(24)21(3)16(25)20(14)2/h4-6,8H,7H2,1-3H3,(H,19,23). The van der Waals surface area contributed by atoms with Gasteiger partial charge in [-0.3, -0.25) is 18.7 Å². The number of carbonyl (C=O) groups is 1. The minimum atomic E-state index is -0.537. The molecule has 3 rings (SSSR count). The van der Waals surface area contributed by atoms with Gasteiger partial charge >= 0.3 is 5.69 Å². The van der Waals surface area contributed by atoms with Crippen LogP contribution in [0.1, 0.15) is 5.56 Å². The predicted molar refractivity (Wildman–Crippen MR) is 90.0 cm³/mol. The van der Waals surface area contributed by atoms with Crippen molar-refractivity contribution in [1.82, 2.24) is 18.7 Å². The molecule has 0 radical (unpaired) electrons. The summed E-state index contributed by atoms with van der Waals surface area (Å²) < 4.78 is 17.1. The molecule has 0 aliphatic heterocycles. The van der Waals surface area contributed by atoms with E-state index < -0.39 is 23.0 Å². The summed E-state index contributed by atoms with van der Waals surface area (Å²) in [5.41, 5.74) is 0.102. The molecule has 1 aromatic carbocycles. The second-order valence-electron chi connectivity index (χ2n) is 5.76. The van der Waals surface area contributed by atoms with Gasteiger partial charge in [0.05, 0.1) is 6.33 Å². The molecule has 0 unspecified atom stereocenters. The number of fused-ring (bicyclic) bond motifs is 1. The molecular weight excluding hydrogens is 329 g/mol. The summed E-state index contributed by atoms with van der Waals surface area (Å²) in [6.45, 7) is 1.43. The van der Waals surface area contributed by atoms with Gasteiger partial charge in [-0.2, -0.15) is 0 Å². The minimum Gasteiger partial charge on any atom is -0.324 e. The van der Waals surface area contributed by atoms with Crippen LogP contribution in [0.25, 0.3) is 11.2 Å². The van der Waals surface area contributed by atoms with Crippen LogP contribution in [0.15, 0.2) is 34.1 Å². The van der Waals surface area contributed by atoms with Gasteiger partial charge in [0.2, 0.25) is 5.91 Å². The zero-order chi connectivity index (χ0) is 18.3. The number of anilines is 1. The van der Waals surface area contributed by atoms with Crippen LogP contribution in [0.2, 0.25) is 0 Å². The third-order valence-corrected chi connectivity index (χ3v) is 3.99. The number of carbonyl (C=O) groups excluding carboxylic acids is 1. The van der Waals surface area contributed by atoms with Crippen LogP contribution in [-0.4, -0.2) is 24.6 Å². The van der Waals surface area contributed by atoms with Crippen LogP contribution in [0.3, 0.4) is 0 Å². The largest absolute Gasteiger partial charge is 0.332 e. The number of imidazole rings is 1. The summed E-state index contributed by atoms with van der Waals surface area (Å²) in [7, 11) is 2.85. The molecular formula is C16H16FN5O3. The monoisotopic (exact) mass is 345 g/mol. The number of rotatable bonds is 3. The topological polar surface area (TPSA) is 90.9 Å². The highest BCUT2D eigenvalue weighted by atomic mass is 19.1. The van der Waals surface area contributed by atoms with E-state index in [1.54, 1.807) is 19.1 Å². The SMILES string of the molecule is Cc1ccc(NC(=O)Cn2cnc3c2c(=O)n(C)c(=O)n3C)cc1F. The van der Waals surface area contributed by atoms with Gasteiger partial charge in [-0.05, 0) is 24.6 Å². The van der Waals surface area contributed by atoms with Crippen molar-refractivity contribution in [3.8, 4) is 0 Å². The van der Waals surface area contributed by atoms with Gasteiger partial charge in [-0.1, -0.05) is 6.07 Å². The van der Waals surface area contributed by atoms with Crippen LogP contribution >= 0.6 is 0 Å². The maximum absolute atomic E-state index is 13.6. The number of benzene rings is 1. The molecule has 2 heterocycles. The van der Waals surface area contributed by atoms with E-state index in [9.17, 15) is 18.8 Å². The highest BCUT2D eigenvalue weighted by Gasteiger charge is 2.16. The lowest BCUT2D eigenvalue weighted by atomic mass is 10.2. The lowest BCUT2D eigenvalue weighted by Gasteiger charge is -2.08. The zero-order valence-electron chi connectivity index (χ0n) is 13.9. The van der Waals surface area contributed by atoms with Gasteiger partial charge in [0.25, 0.3) is 5.56 Å². The van der Waals surface area contributed by atoms with E-state index in [1.165, 1.54) is 35.6 Å². The molecule has 130 valence electrons. The van der Waals surface area contributed by atoms with Crippen molar-refractivity contribution in [2.45, 2.75) is 13.5 Å². The third kappa shape index (κ3) is 2.84. The molecule has 2 aromatic heterocycles. The van der Waals surface area contributed by atoms with E-state index in [0.717, 1.165) is 4.57 Å². The Morgan fingerprint density at radius 1 is 1.24 bits per heavy atom. The fraction of sp³-hybridized carbons (Fsp3) is 0.250. The second-order valence-corrected chi connectivity index (χ2v) is 5.76. The maximum Gasteiger partial charge on any atom is 0.332 e. The molecule has 0 saturated carbocycles. The molecule has 3 aromatic rings. The van der Waals surface area contributed by atoms with Crippen LogP contribution in [0, 0.1) is 12.7 Å². The molecule has 9 heteroatoms. The van der Waals surface area contributed by atoms with E-state index >= 15 is 0 Å². The van der Waals surface area contributed by atoms with Crippen molar-refractivity contribution in [2.24, 2.45) is 14.1 Å². The van der Waals surface area contributed by atoms with Gasteiger partial charge in [-0.15, -0.1) is 0 Å². The summed E-state index contributed by atoms with van der Waals surface area (Å²) in [4.78, 5) is 40.5. The highest BCUT2D eigenvalue weighted by Crippen LogP contribution is 2.14. The number of hydrogen-bond donors (Lipinski definition) is 1. The molecule has 0 saturated heterocycles. The Morgan fingerprint density at radius 2 is 1.96 bits per heavy atom. The highest BCUT2D eigenvalue weighted by molar-refractivity contribution is 5.91. The van der Waals surface area contributed by atoms with Crippen molar-refractivity contribution < 1.29 is 9.18 Å². The van der Waals surface area contributed by atoms with Crippen LogP contribution in [0.4, 0.5) is 10.1 Å². The molecule has 8 nitrogen and oxygen atoms in total. The first kappa shape index (κ1) is 16.6. The Kier molecular flexibility index (Phi) is 3.99. The van der Waals surface area contributed by atoms with Gasteiger partial charge in [0.15, 0.2) is 11.2 Å². The first-order valence-corrected chi connectivity index (χ1v) is 7.46. The number of halogens is 1. The average molecular weight is 345 g/mol. The quantitative estimate of drug-likeness (QED) is 0.749. The van der Waals surface area contributed by atoms with Crippen LogP contribution in [-0.2, 0) is 25.4 Å². The predicted octanol–water partition coefficient (Wildman–Crippen LogP) is 0.520.